The van der Waals surface area contributed by atoms with Gasteiger partial charge < -0.3 is 10.8 Å². The van der Waals surface area contributed by atoms with Crippen LogP contribution in [0.25, 0.3) is 0 Å². The van der Waals surface area contributed by atoms with Crippen molar-refractivity contribution in [3.8, 4) is 0 Å². The maximum absolute atomic E-state index is 10.8. The van der Waals surface area contributed by atoms with E-state index in [2.05, 4.69) is 17.8 Å². The standard InChI is InChI=1S/C10H23N3O2/c1-2-3-4-8-12-13-9(10(14)15)6-5-7-11/h9,12-13H,2-8,11H2,1H3,(H,14,15)/t9-/m0/s1. The number of hydrogen-bond donors (Lipinski definition) is 4. The molecule has 0 aliphatic rings. The number of rotatable bonds is 10. The fourth-order valence-corrected chi connectivity index (χ4v) is 1.24. The molecule has 15 heavy (non-hydrogen) atoms. The fourth-order valence-electron chi connectivity index (χ4n) is 1.24. The summed E-state index contributed by atoms with van der Waals surface area (Å²) in [7, 11) is 0. The second-order valence-electron chi connectivity index (χ2n) is 3.60. The molecule has 0 aromatic rings. The normalized spacial score (nSPS) is 12.7. The first-order valence-electron chi connectivity index (χ1n) is 5.63. The molecule has 5 N–H and O–H groups in total. The topological polar surface area (TPSA) is 87.4 Å². The van der Waals surface area contributed by atoms with Crippen LogP contribution < -0.4 is 16.6 Å². The maximum Gasteiger partial charge on any atom is 0.322 e. The molecule has 0 radical (unpaired) electrons. The predicted octanol–water partition coefficient (Wildman–Crippen LogP) is 0.463. The summed E-state index contributed by atoms with van der Waals surface area (Å²) in [4.78, 5) is 10.8. The number of hydrazine groups is 1. The number of nitrogens with one attached hydrogen (secondary N) is 2. The first kappa shape index (κ1) is 14.3. The van der Waals surface area contributed by atoms with Crippen molar-refractivity contribution in [2.75, 3.05) is 13.1 Å². The molecule has 5 heteroatoms. The molecular formula is C10H23N3O2. The summed E-state index contributed by atoms with van der Waals surface area (Å²) in [6.45, 7) is 3.47. The molecule has 0 aromatic carbocycles. The minimum Gasteiger partial charge on any atom is -0.480 e. The van der Waals surface area contributed by atoms with E-state index >= 15 is 0 Å². The van der Waals surface area contributed by atoms with Crippen LogP contribution in [0, 0.1) is 0 Å². The van der Waals surface area contributed by atoms with Crippen molar-refractivity contribution in [3.05, 3.63) is 0 Å². The van der Waals surface area contributed by atoms with Gasteiger partial charge in [-0.15, -0.1) is 0 Å². The average Bonchev–Trinajstić information content (AvgIpc) is 2.21. The van der Waals surface area contributed by atoms with Crippen LogP contribution in [0.1, 0.15) is 39.0 Å². The molecule has 0 rings (SSSR count). The fraction of sp³-hybridized carbons (Fsp3) is 0.900. The van der Waals surface area contributed by atoms with Gasteiger partial charge in [0.1, 0.15) is 6.04 Å². The van der Waals surface area contributed by atoms with Crippen LogP contribution in [0.15, 0.2) is 0 Å². The number of unbranched alkanes of at least 4 members (excludes halogenated alkanes) is 2. The van der Waals surface area contributed by atoms with E-state index in [9.17, 15) is 4.79 Å². The Morgan fingerprint density at radius 1 is 1.40 bits per heavy atom. The van der Waals surface area contributed by atoms with E-state index in [0.29, 0.717) is 13.0 Å². The van der Waals surface area contributed by atoms with Crippen LogP contribution in [0.4, 0.5) is 0 Å². The zero-order valence-electron chi connectivity index (χ0n) is 9.46. The quantitative estimate of drug-likeness (QED) is 0.315. The maximum atomic E-state index is 10.8. The summed E-state index contributed by atoms with van der Waals surface area (Å²) in [6, 6.07) is -0.532. The van der Waals surface area contributed by atoms with Crippen LogP contribution in [0.2, 0.25) is 0 Å². The Hall–Kier alpha value is -0.650. The minimum atomic E-state index is -0.827. The molecule has 0 saturated carbocycles. The Bertz CT molecular complexity index is 165. The highest BCUT2D eigenvalue weighted by Crippen LogP contribution is 1.95. The largest absolute Gasteiger partial charge is 0.480 e. The van der Waals surface area contributed by atoms with E-state index in [1.54, 1.807) is 0 Å². The molecule has 1 atom stereocenters. The Balaban J connectivity index is 3.53. The van der Waals surface area contributed by atoms with E-state index in [1.165, 1.54) is 0 Å². The van der Waals surface area contributed by atoms with Crippen LogP contribution >= 0.6 is 0 Å². The number of hydrogen-bond acceptors (Lipinski definition) is 4. The molecule has 0 spiro atoms. The highest BCUT2D eigenvalue weighted by atomic mass is 16.4. The summed E-state index contributed by atoms with van der Waals surface area (Å²) in [5, 5.41) is 8.86. The third-order valence-electron chi connectivity index (χ3n) is 2.18. The first-order chi connectivity index (χ1) is 7.22. The van der Waals surface area contributed by atoms with Crippen LogP contribution in [0.5, 0.6) is 0 Å². The van der Waals surface area contributed by atoms with Gasteiger partial charge in [-0.1, -0.05) is 19.8 Å². The van der Waals surface area contributed by atoms with Gasteiger partial charge in [0.2, 0.25) is 0 Å². The molecule has 0 aliphatic heterocycles. The third kappa shape index (κ3) is 8.35. The smallest absolute Gasteiger partial charge is 0.322 e. The van der Waals surface area contributed by atoms with Gasteiger partial charge in [0.25, 0.3) is 0 Å². The van der Waals surface area contributed by atoms with Gasteiger partial charge in [-0.05, 0) is 25.8 Å². The van der Waals surface area contributed by atoms with Gasteiger partial charge in [-0.2, -0.15) is 0 Å². The highest BCUT2D eigenvalue weighted by Gasteiger charge is 2.14. The van der Waals surface area contributed by atoms with Crippen molar-refractivity contribution < 1.29 is 9.90 Å². The molecule has 0 unspecified atom stereocenters. The van der Waals surface area contributed by atoms with Gasteiger partial charge in [0.15, 0.2) is 0 Å². The highest BCUT2D eigenvalue weighted by molar-refractivity contribution is 5.73. The van der Waals surface area contributed by atoms with Crippen molar-refractivity contribution in [1.82, 2.24) is 10.9 Å². The van der Waals surface area contributed by atoms with Crippen molar-refractivity contribution in [3.63, 3.8) is 0 Å². The van der Waals surface area contributed by atoms with Crippen molar-refractivity contribution in [2.24, 2.45) is 5.73 Å². The number of carbonyl (C=O) groups is 1. The molecule has 0 aromatic heterocycles. The van der Waals surface area contributed by atoms with E-state index in [0.717, 1.165) is 32.2 Å². The van der Waals surface area contributed by atoms with E-state index in [-0.39, 0.29) is 0 Å². The Morgan fingerprint density at radius 2 is 2.13 bits per heavy atom. The number of nitrogens with two attached hydrogens (primary N) is 1. The predicted molar refractivity (Wildman–Crippen MR) is 60.4 cm³/mol. The van der Waals surface area contributed by atoms with E-state index in [1.807, 2.05) is 0 Å². The molecule has 0 saturated heterocycles. The Kier molecular flexibility index (Phi) is 9.46. The lowest BCUT2D eigenvalue weighted by Gasteiger charge is -2.14. The van der Waals surface area contributed by atoms with Crippen LogP contribution in [-0.4, -0.2) is 30.2 Å². The van der Waals surface area contributed by atoms with E-state index < -0.39 is 12.0 Å². The summed E-state index contributed by atoms with van der Waals surface area (Å²) < 4.78 is 0. The molecule has 0 heterocycles. The van der Waals surface area contributed by atoms with Gasteiger partial charge in [-0.25, -0.2) is 5.43 Å². The van der Waals surface area contributed by atoms with Gasteiger partial charge >= 0.3 is 5.97 Å². The number of carboxylic acids is 1. The lowest BCUT2D eigenvalue weighted by molar-refractivity contribution is -0.140. The molecule has 0 amide bonds. The number of carboxylic acid groups (broad SMARTS) is 1. The van der Waals surface area contributed by atoms with Gasteiger partial charge in [0.05, 0.1) is 0 Å². The average molecular weight is 217 g/mol. The summed E-state index contributed by atoms with van der Waals surface area (Å²) in [5.74, 6) is -0.827. The lowest BCUT2D eigenvalue weighted by Crippen LogP contribution is -2.46. The molecule has 0 fully saturated rings. The Morgan fingerprint density at radius 3 is 2.67 bits per heavy atom. The summed E-state index contributed by atoms with van der Waals surface area (Å²) in [6.07, 6.45) is 4.67. The lowest BCUT2D eigenvalue weighted by atomic mass is 10.2. The zero-order valence-corrected chi connectivity index (χ0v) is 9.46. The van der Waals surface area contributed by atoms with Crippen LogP contribution in [-0.2, 0) is 4.79 Å². The molecule has 90 valence electrons. The van der Waals surface area contributed by atoms with Crippen molar-refractivity contribution in [1.29, 1.82) is 0 Å². The summed E-state index contributed by atoms with van der Waals surface area (Å²) in [5.41, 5.74) is 11.1. The van der Waals surface area contributed by atoms with Crippen molar-refractivity contribution >= 4 is 5.97 Å². The zero-order chi connectivity index (χ0) is 11.5. The monoisotopic (exact) mass is 217 g/mol. The van der Waals surface area contributed by atoms with Gasteiger partial charge in [0, 0.05) is 6.54 Å². The Labute approximate surface area is 91.4 Å². The van der Waals surface area contributed by atoms with E-state index in [4.69, 9.17) is 10.8 Å². The van der Waals surface area contributed by atoms with Crippen LogP contribution in [0.3, 0.4) is 0 Å². The molecule has 0 aliphatic carbocycles. The second-order valence-corrected chi connectivity index (χ2v) is 3.60. The molecule has 5 nitrogen and oxygen atoms in total. The summed E-state index contributed by atoms with van der Waals surface area (Å²) >= 11 is 0. The molecule has 0 bridgehead atoms. The SMILES string of the molecule is CCCCCNN[C@@H](CCCN)C(=O)O. The van der Waals surface area contributed by atoms with Crippen molar-refractivity contribution in [2.45, 2.75) is 45.1 Å². The second kappa shape index (κ2) is 9.89. The molecular weight excluding hydrogens is 194 g/mol. The van der Waals surface area contributed by atoms with Gasteiger partial charge in [-0.3, -0.25) is 10.2 Å². The number of aliphatic carboxylic acids is 1. The minimum absolute atomic E-state index is 0.529. The first-order valence-corrected chi connectivity index (χ1v) is 5.63. The third-order valence-corrected chi connectivity index (χ3v) is 2.18.